The van der Waals surface area contributed by atoms with Crippen LogP contribution in [0.15, 0.2) is 54.9 Å². The monoisotopic (exact) mass is 599 g/mol. The summed E-state index contributed by atoms with van der Waals surface area (Å²) < 4.78 is 97.7. The molecule has 0 aliphatic carbocycles. The van der Waals surface area contributed by atoms with E-state index in [1.807, 2.05) is 0 Å². The molecule has 14 heteroatoms. The number of hydrogen-bond acceptors (Lipinski definition) is 4. The van der Waals surface area contributed by atoms with Crippen LogP contribution in [-0.2, 0) is 6.18 Å². The first-order chi connectivity index (χ1) is 17.6. The van der Waals surface area contributed by atoms with Crippen LogP contribution in [0.2, 0.25) is 15.1 Å². The van der Waals surface area contributed by atoms with Crippen LogP contribution in [0, 0.1) is 0 Å². The van der Waals surface area contributed by atoms with E-state index in [1.54, 1.807) is 0 Å². The van der Waals surface area contributed by atoms with E-state index in [0.29, 0.717) is 6.07 Å². The fraction of sp³-hybridized carbons (Fsp3) is 0.208. The van der Waals surface area contributed by atoms with E-state index in [-0.39, 0.29) is 33.2 Å². The van der Waals surface area contributed by atoms with Crippen molar-refractivity contribution in [1.29, 1.82) is 0 Å². The van der Waals surface area contributed by atoms with Gasteiger partial charge in [-0.25, -0.2) is 14.4 Å². The Balaban J connectivity index is 2.01. The molecule has 0 radical (unpaired) electrons. The van der Waals surface area contributed by atoms with Crippen molar-refractivity contribution >= 4 is 52.4 Å². The Bertz CT molecular complexity index is 1340. The Labute approximate surface area is 226 Å². The summed E-state index contributed by atoms with van der Waals surface area (Å²) in [5, 5.41) is -0.877. The molecule has 0 saturated carbocycles. The first-order valence-electron chi connectivity index (χ1n) is 10.4. The molecule has 0 aliphatic rings. The lowest BCUT2D eigenvalue weighted by Gasteiger charge is -2.20. The van der Waals surface area contributed by atoms with E-state index in [1.165, 1.54) is 30.4 Å². The lowest BCUT2D eigenvalue weighted by atomic mass is 9.95. The van der Waals surface area contributed by atoms with Gasteiger partial charge in [-0.1, -0.05) is 46.9 Å². The number of halogens is 10. The molecular formula is C24H15Cl3F7N3O. The molecule has 2 aromatic carbocycles. The smallest absolute Gasteiger partial charge is 0.336 e. The summed E-state index contributed by atoms with van der Waals surface area (Å²) in [6.45, 7) is -0.557. The molecule has 38 heavy (non-hydrogen) atoms. The van der Waals surface area contributed by atoms with Crippen LogP contribution in [-0.4, -0.2) is 35.5 Å². The van der Waals surface area contributed by atoms with Gasteiger partial charge in [0, 0.05) is 30.6 Å². The number of alkyl halides is 6. The maximum absolute atomic E-state index is 15.0. The standard InChI is InChI=1S/C24H15Cl3F7N3O/c1-37(22-35-5-2-6-36-22)11-20(38)14-4-3-12(7-16(14)24(32,33)34)19(28)10-15(23(29,30)31)13-8-17(25)21(27)18(26)9-13/h2-10,15H,11H2,1H3/b19-10-/t15-/m1/s1. The number of benzene rings is 2. The van der Waals surface area contributed by atoms with Crippen molar-refractivity contribution < 1.29 is 35.5 Å². The third kappa shape index (κ3) is 6.95. The minimum absolute atomic E-state index is 0.0700. The number of ketones is 1. The molecule has 0 spiro atoms. The molecule has 0 fully saturated rings. The van der Waals surface area contributed by atoms with E-state index < -0.39 is 58.7 Å². The van der Waals surface area contributed by atoms with Crippen molar-refractivity contribution in [2.45, 2.75) is 18.3 Å². The Kier molecular flexibility index (Phi) is 8.95. The highest BCUT2D eigenvalue weighted by atomic mass is 35.5. The number of likely N-dealkylation sites (N-methyl/N-ethyl adjacent to an activating group) is 1. The van der Waals surface area contributed by atoms with Crippen molar-refractivity contribution in [1.82, 2.24) is 9.97 Å². The van der Waals surface area contributed by atoms with E-state index in [0.717, 1.165) is 18.2 Å². The van der Waals surface area contributed by atoms with Crippen LogP contribution in [0.3, 0.4) is 0 Å². The van der Waals surface area contributed by atoms with Gasteiger partial charge in [0.25, 0.3) is 0 Å². The Morgan fingerprint density at radius 2 is 1.58 bits per heavy atom. The third-order valence-corrected chi connectivity index (χ3v) is 6.40. The molecule has 0 N–H and O–H groups in total. The molecule has 1 atom stereocenters. The zero-order valence-electron chi connectivity index (χ0n) is 19.0. The first kappa shape index (κ1) is 29.7. The topological polar surface area (TPSA) is 46.1 Å². The number of Topliss-reactive ketones (excluding diaryl/α,β-unsaturated/α-hetero) is 1. The van der Waals surface area contributed by atoms with Gasteiger partial charge in [-0.05, 0) is 35.9 Å². The van der Waals surface area contributed by atoms with Crippen LogP contribution < -0.4 is 4.90 Å². The lowest BCUT2D eigenvalue weighted by molar-refractivity contribution is -0.140. The van der Waals surface area contributed by atoms with Crippen molar-refractivity contribution in [3.05, 3.63) is 92.2 Å². The van der Waals surface area contributed by atoms with Gasteiger partial charge >= 0.3 is 12.4 Å². The van der Waals surface area contributed by atoms with Crippen LogP contribution in [0.4, 0.5) is 36.7 Å². The van der Waals surface area contributed by atoms with Gasteiger partial charge in [0.1, 0.15) is 11.7 Å². The van der Waals surface area contributed by atoms with Crippen LogP contribution in [0.25, 0.3) is 5.83 Å². The SMILES string of the molecule is CN(CC(=O)c1ccc(/C(F)=C/[C@H](c2cc(Cl)c(Cl)c(Cl)c2)C(F)(F)F)cc1C(F)(F)F)c1ncccn1. The zero-order chi connectivity index (χ0) is 28.4. The Hall–Kier alpha value is -2.89. The molecule has 0 amide bonds. The maximum Gasteiger partial charge on any atom is 0.417 e. The molecule has 0 unspecified atom stereocenters. The van der Waals surface area contributed by atoms with Crippen molar-refractivity contribution in [3.8, 4) is 0 Å². The fourth-order valence-corrected chi connectivity index (χ4v) is 4.02. The molecule has 4 nitrogen and oxygen atoms in total. The van der Waals surface area contributed by atoms with Crippen molar-refractivity contribution in [2.75, 3.05) is 18.5 Å². The van der Waals surface area contributed by atoms with E-state index in [2.05, 4.69) is 9.97 Å². The highest BCUT2D eigenvalue weighted by Crippen LogP contribution is 2.42. The highest BCUT2D eigenvalue weighted by molar-refractivity contribution is 6.48. The average molecular weight is 601 g/mol. The van der Waals surface area contributed by atoms with Crippen LogP contribution in [0.1, 0.15) is 33.0 Å². The second-order valence-corrected chi connectivity index (χ2v) is 9.11. The normalized spacial score (nSPS) is 13.4. The maximum atomic E-state index is 15.0. The number of carbonyl (C=O) groups excluding carboxylic acids is 1. The van der Waals surface area contributed by atoms with Crippen LogP contribution >= 0.6 is 34.8 Å². The second-order valence-electron chi connectivity index (χ2n) is 7.92. The largest absolute Gasteiger partial charge is 0.417 e. The predicted molar refractivity (Wildman–Crippen MR) is 130 cm³/mol. The minimum Gasteiger partial charge on any atom is -0.336 e. The summed E-state index contributed by atoms with van der Waals surface area (Å²) in [6, 6.07) is 4.91. The van der Waals surface area contributed by atoms with Gasteiger partial charge in [0.2, 0.25) is 5.95 Å². The summed E-state index contributed by atoms with van der Waals surface area (Å²) in [6.07, 6.45) is -7.36. The molecule has 3 rings (SSSR count). The number of hydrogen-bond donors (Lipinski definition) is 0. The van der Waals surface area contributed by atoms with E-state index in [4.69, 9.17) is 34.8 Å². The summed E-state index contributed by atoms with van der Waals surface area (Å²) >= 11 is 17.3. The third-order valence-electron chi connectivity index (χ3n) is 5.21. The zero-order valence-corrected chi connectivity index (χ0v) is 21.3. The molecule has 3 aromatic rings. The predicted octanol–water partition coefficient (Wildman–Crippen LogP) is 8.43. The fourth-order valence-electron chi connectivity index (χ4n) is 3.41. The number of anilines is 1. The van der Waals surface area contributed by atoms with Crippen LogP contribution in [0.5, 0.6) is 0 Å². The number of carbonyl (C=O) groups is 1. The molecule has 1 aromatic heterocycles. The number of rotatable bonds is 7. The van der Waals surface area contributed by atoms with Crippen molar-refractivity contribution in [3.63, 3.8) is 0 Å². The Morgan fingerprint density at radius 3 is 2.11 bits per heavy atom. The second kappa shape index (κ2) is 11.5. The van der Waals surface area contributed by atoms with Crippen molar-refractivity contribution in [2.24, 2.45) is 0 Å². The summed E-state index contributed by atoms with van der Waals surface area (Å²) in [7, 11) is 1.38. The van der Waals surface area contributed by atoms with Gasteiger partial charge in [-0.3, -0.25) is 4.79 Å². The first-order valence-corrected chi connectivity index (χ1v) is 11.5. The van der Waals surface area contributed by atoms with Gasteiger partial charge in [-0.2, -0.15) is 26.3 Å². The summed E-state index contributed by atoms with van der Waals surface area (Å²) in [5.74, 6) is -5.17. The number of allylic oxidation sites excluding steroid dienone is 1. The molecular weight excluding hydrogens is 586 g/mol. The lowest BCUT2D eigenvalue weighted by Crippen LogP contribution is -2.28. The number of aromatic nitrogens is 2. The molecule has 0 aliphatic heterocycles. The van der Waals surface area contributed by atoms with Gasteiger partial charge in [0.05, 0.1) is 27.2 Å². The van der Waals surface area contributed by atoms with E-state index in [9.17, 15) is 31.1 Å². The minimum atomic E-state index is -5.12. The van der Waals surface area contributed by atoms with Gasteiger partial charge in [0.15, 0.2) is 5.78 Å². The summed E-state index contributed by atoms with van der Waals surface area (Å²) in [4.78, 5) is 21.7. The number of nitrogens with zero attached hydrogens (tertiary/aromatic N) is 3. The van der Waals surface area contributed by atoms with E-state index >= 15 is 4.39 Å². The Morgan fingerprint density at radius 1 is 1.00 bits per heavy atom. The molecule has 0 saturated heterocycles. The molecule has 0 bridgehead atoms. The molecule has 1 heterocycles. The summed E-state index contributed by atoms with van der Waals surface area (Å²) in [5.41, 5.74) is -3.73. The van der Waals surface area contributed by atoms with Gasteiger partial charge < -0.3 is 4.90 Å². The average Bonchev–Trinajstić information content (AvgIpc) is 2.84. The van der Waals surface area contributed by atoms with Gasteiger partial charge in [-0.15, -0.1) is 0 Å². The molecule has 202 valence electrons. The quantitative estimate of drug-likeness (QED) is 0.155. The highest BCUT2D eigenvalue weighted by Gasteiger charge is 2.41.